The number of carboxylic acids is 1. The zero-order valence-electron chi connectivity index (χ0n) is 15.7. The van der Waals surface area contributed by atoms with Gasteiger partial charge in [-0.05, 0) is 57.9 Å². The van der Waals surface area contributed by atoms with Gasteiger partial charge in [0.15, 0.2) is 0 Å². The van der Waals surface area contributed by atoms with Gasteiger partial charge in [0.25, 0.3) is 5.91 Å². The van der Waals surface area contributed by atoms with E-state index in [0.717, 1.165) is 0 Å². The second kappa shape index (κ2) is 7.95. The lowest BCUT2D eigenvalue weighted by Crippen LogP contribution is -2.53. The maximum atomic E-state index is 12.6. The van der Waals surface area contributed by atoms with Gasteiger partial charge in [0.1, 0.15) is 0 Å². The highest BCUT2D eigenvalue weighted by molar-refractivity contribution is 7.89. The van der Waals surface area contributed by atoms with Gasteiger partial charge in [0.05, 0.1) is 16.9 Å². The van der Waals surface area contributed by atoms with Crippen LogP contribution in [0, 0.1) is 0 Å². The van der Waals surface area contributed by atoms with Crippen molar-refractivity contribution >= 4 is 21.9 Å². The maximum absolute atomic E-state index is 12.6. The molecule has 27 heavy (non-hydrogen) atoms. The second-order valence-corrected chi connectivity index (χ2v) is 9.48. The van der Waals surface area contributed by atoms with E-state index in [-0.39, 0.29) is 16.9 Å². The minimum absolute atomic E-state index is 0.0558. The molecule has 1 aliphatic rings. The van der Waals surface area contributed by atoms with Crippen LogP contribution in [0.15, 0.2) is 29.2 Å². The zero-order chi connectivity index (χ0) is 20.3. The molecule has 0 aliphatic carbocycles. The third-order valence-electron chi connectivity index (χ3n) is 4.19. The van der Waals surface area contributed by atoms with Crippen LogP contribution in [0.2, 0.25) is 0 Å². The predicted molar refractivity (Wildman–Crippen MR) is 99.0 cm³/mol. The zero-order valence-corrected chi connectivity index (χ0v) is 16.6. The largest absolute Gasteiger partial charge is 0.481 e. The average Bonchev–Trinajstić information content (AvgIpc) is 2.52. The van der Waals surface area contributed by atoms with Crippen LogP contribution in [-0.4, -0.2) is 49.7 Å². The number of hydrogen-bond acceptors (Lipinski definition) is 5. The van der Waals surface area contributed by atoms with Gasteiger partial charge >= 0.3 is 5.97 Å². The molecule has 8 nitrogen and oxygen atoms in total. The van der Waals surface area contributed by atoms with E-state index in [4.69, 9.17) is 9.84 Å². The lowest BCUT2D eigenvalue weighted by molar-refractivity contribution is -0.139. The van der Waals surface area contributed by atoms with E-state index < -0.39 is 33.0 Å². The summed E-state index contributed by atoms with van der Waals surface area (Å²) in [5.74, 6) is -1.43. The standard InChI is InChI=1S/C18H26N2O6S/c1-17(2,3)20-27(24,25)14-6-4-13(5-7-14)16(23)19-18(12-15(21)22)8-10-26-11-9-18/h4-7,20H,8-12H2,1-3H3,(H,19,23)(H,21,22). The highest BCUT2D eigenvalue weighted by Crippen LogP contribution is 2.25. The number of sulfonamides is 1. The number of amides is 1. The van der Waals surface area contributed by atoms with Gasteiger partial charge < -0.3 is 15.2 Å². The molecular weight excluding hydrogens is 372 g/mol. The Morgan fingerprint density at radius 2 is 1.70 bits per heavy atom. The number of aliphatic carboxylic acids is 1. The first kappa shape index (κ1) is 21.3. The molecule has 0 atom stereocenters. The first-order valence-electron chi connectivity index (χ1n) is 8.69. The van der Waals surface area contributed by atoms with Crippen molar-refractivity contribution in [2.75, 3.05) is 13.2 Å². The lowest BCUT2D eigenvalue weighted by Gasteiger charge is -2.36. The Bertz CT molecular complexity index is 790. The molecule has 1 amide bonds. The molecule has 150 valence electrons. The number of ether oxygens (including phenoxy) is 1. The fourth-order valence-electron chi connectivity index (χ4n) is 2.96. The molecule has 1 fully saturated rings. The molecule has 0 aromatic heterocycles. The summed E-state index contributed by atoms with van der Waals surface area (Å²) in [7, 11) is -3.69. The van der Waals surface area contributed by atoms with E-state index in [1.807, 2.05) is 0 Å². The number of carboxylic acid groups (broad SMARTS) is 1. The molecule has 1 aliphatic heterocycles. The number of nitrogens with one attached hydrogen (secondary N) is 2. The Morgan fingerprint density at radius 1 is 1.15 bits per heavy atom. The van der Waals surface area contributed by atoms with Gasteiger partial charge in [0.2, 0.25) is 10.0 Å². The molecular formula is C18H26N2O6S. The van der Waals surface area contributed by atoms with Crippen LogP contribution in [0.25, 0.3) is 0 Å². The van der Waals surface area contributed by atoms with Crippen molar-refractivity contribution in [2.45, 2.75) is 56.0 Å². The average molecular weight is 398 g/mol. The molecule has 1 heterocycles. The van der Waals surface area contributed by atoms with Gasteiger partial charge in [-0.1, -0.05) is 0 Å². The lowest BCUT2D eigenvalue weighted by atomic mass is 9.86. The number of carbonyl (C=O) groups is 2. The van der Waals surface area contributed by atoms with Crippen LogP contribution in [0.4, 0.5) is 0 Å². The number of rotatable bonds is 6. The van der Waals surface area contributed by atoms with E-state index in [1.54, 1.807) is 20.8 Å². The highest BCUT2D eigenvalue weighted by atomic mass is 32.2. The van der Waals surface area contributed by atoms with E-state index in [2.05, 4.69) is 10.0 Å². The first-order chi connectivity index (χ1) is 12.4. The summed E-state index contributed by atoms with van der Waals surface area (Å²) in [5.41, 5.74) is -1.22. The quantitative estimate of drug-likeness (QED) is 0.668. The van der Waals surface area contributed by atoms with Gasteiger partial charge in [-0.15, -0.1) is 0 Å². The Balaban J connectivity index is 2.16. The normalized spacial score (nSPS) is 17.3. The topological polar surface area (TPSA) is 122 Å². The summed E-state index contributed by atoms with van der Waals surface area (Å²) in [5, 5.41) is 12.0. The second-order valence-electron chi connectivity index (χ2n) is 7.80. The van der Waals surface area contributed by atoms with Crippen LogP contribution in [0.1, 0.15) is 50.4 Å². The number of carbonyl (C=O) groups excluding carboxylic acids is 1. The summed E-state index contributed by atoms with van der Waals surface area (Å²) >= 11 is 0. The molecule has 2 rings (SSSR count). The van der Waals surface area contributed by atoms with Crippen molar-refractivity contribution in [3.63, 3.8) is 0 Å². The molecule has 0 saturated carbocycles. The van der Waals surface area contributed by atoms with E-state index in [0.29, 0.717) is 26.1 Å². The number of hydrogen-bond donors (Lipinski definition) is 3. The van der Waals surface area contributed by atoms with Crippen LogP contribution in [-0.2, 0) is 19.6 Å². The first-order valence-corrected chi connectivity index (χ1v) is 10.2. The molecule has 9 heteroatoms. The third kappa shape index (κ3) is 6.02. The van der Waals surface area contributed by atoms with E-state index in [1.165, 1.54) is 24.3 Å². The Morgan fingerprint density at radius 3 is 2.19 bits per heavy atom. The fourth-order valence-corrected chi connectivity index (χ4v) is 4.38. The predicted octanol–water partition coefficient (Wildman–Crippen LogP) is 1.52. The van der Waals surface area contributed by atoms with E-state index in [9.17, 15) is 18.0 Å². The molecule has 0 unspecified atom stereocenters. The van der Waals surface area contributed by atoms with Gasteiger partial charge in [-0.2, -0.15) is 0 Å². The smallest absolute Gasteiger partial charge is 0.305 e. The van der Waals surface area contributed by atoms with Gasteiger partial charge in [-0.25, -0.2) is 13.1 Å². The monoisotopic (exact) mass is 398 g/mol. The van der Waals surface area contributed by atoms with Crippen LogP contribution in [0.5, 0.6) is 0 Å². The van der Waals surface area contributed by atoms with Crippen molar-refractivity contribution in [3.05, 3.63) is 29.8 Å². The Kier molecular flexibility index (Phi) is 6.28. The highest BCUT2D eigenvalue weighted by Gasteiger charge is 2.36. The summed E-state index contributed by atoms with van der Waals surface area (Å²) in [6, 6.07) is 5.55. The summed E-state index contributed by atoms with van der Waals surface area (Å²) in [6.07, 6.45) is 0.629. The van der Waals surface area contributed by atoms with Crippen LogP contribution in [0.3, 0.4) is 0 Å². The summed E-state index contributed by atoms with van der Waals surface area (Å²) < 4.78 is 32.5. The Hall–Kier alpha value is -1.97. The SMILES string of the molecule is CC(C)(C)NS(=O)(=O)c1ccc(C(=O)NC2(CC(=O)O)CCOCC2)cc1. The van der Waals surface area contributed by atoms with Crippen molar-refractivity contribution in [1.29, 1.82) is 0 Å². The molecule has 0 radical (unpaired) electrons. The maximum Gasteiger partial charge on any atom is 0.305 e. The van der Waals surface area contributed by atoms with Crippen LogP contribution >= 0.6 is 0 Å². The summed E-state index contributed by atoms with van der Waals surface area (Å²) in [6.45, 7) is 5.97. The minimum Gasteiger partial charge on any atom is -0.481 e. The summed E-state index contributed by atoms with van der Waals surface area (Å²) in [4.78, 5) is 23.8. The molecule has 1 saturated heterocycles. The minimum atomic E-state index is -3.69. The fraction of sp³-hybridized carbons (Fsp3) is 0.556. The van der Waals surface area contributed by atoms with Crippen molar-refractivity contribution in [1.82, 2.24) is 10.0 Å². The molecule has 0 spiro atoms. The van der Waals surface area contributed by atoms with Crippen molar-refractivity contribution < 1.29 is 27.9 Å². The van der Waals surface area contributed by atoms with Gasteiger partial charge in [-0.3, -0.25) is 9.59 Å². The number of benzene rings is 1. The van der Waals surface area contributed by atoms with Crippen molar-refractivity contribution in [3.8, 4) is 0 Å². The molecule has 1 aromatic rings. The molecule has 1 aromatic carbocycles. The van der Waals surface area contributed by atoms with E-state index >= 15 is 0 Å². The third-order valence-corrected chi connectivity index (χ3v) is 5.96. The molecule has 0 bridgehead atoms. The van der Waals surface area contributed by atoms with Crippen LogP contribution < -0.4 is 10.0 Å². The molecule has 3 N–H and O–H groups in total. The van der Waals surface area contributed by atoms with Gasteiger partial charge in [0, 0.05) is 24.3 Å². The Labute approximate surface area is 159 Å². The van der Waals surface area contributed by atoms with Crippen molar-refractivity contribution in [2.24, 2.45) is 0 Å².